The van der Waals surface area contributed by atoms with Crippen LogP contribution in [0.4, 0.5) is 10.5 Å². The maximum Gasteiger partial charge on any atom is 0.410 e. The highest BCUT2D eigenvalue weighted by molar-refractivity contribution is 5.92. The number of rotatable bonds is 5. The topological polar surface area (TPSA) is 93.0 Å². The fourth-order valence-electron chi connectivity index (χ4n) is 3.28. The number of benzene rings is 1. The van der Waals surface area contributed by atoms with Crippen molar-refractivity contribution in [3.63, 3.8) is 0 Å². The summed E-state index contributed by atoms with van der Waals surface area (Å²) >= 11 is 0. The number of carbonyl (C=O) groups excluding carboxylic acids is 2. The van der Waals surface area contributed by atoms with Crippen molar-refractivity contribution < 1.29 is 19.2 Å². The van der Waals surface area contributed by atoms with E-state index in [2.05, 4.69) is 0 Å². The molecule has 1 aliphatic rings. The molecule has 1 aliphatic heterocycles. The molecule has 2 rings (SSSR count). The van der Waals surface area contributed by atoms with Crippen molar-refractivity contribution in [3.05, 3.63) is 46.0 Å². The molecule has 0 aliphatic carbocycles. The van der Waals surface area contributed by atoms with Gasteiger partial charge in [0.25, 0.3) is 5.69 Å². The van der Waals surface area contributed by atoms with E-state index in [4.69, 9.17) is 4.74 Å². The van der Waals surface area contributed by atoms with Gasteiger partial charge in [0, 0.05) is 38.8 Å². The predicted octanol–water partition coefficient (Wildman–Crippen LogP) is 3.71. The van der Waals surface area contributed by atoms with E-state index in [9.17, 15) is 19.7 Å². The van der Waals surface area contributed by atoms with Crippen LogP contribution in [0.1, 0.15) is 39.2 Å². The third kappa shape index (κ3) is 6.89. The number of nitro benzene ring substituents is 1. The van der Waals surface area contributed by atoms with E-state index in [0.29, 0.717) is 25.2 Å². The van der Waals surface area contributed by atoms with E-state index in [-0.39, 0.29) is 23.6 Å². The second-order valence-electron chi connectivity index (χ2n) is 8.30. The fourth-order valence-corrected chi connectivity index (χ4v) is 3.28. The van der Waals surface area contributed by atoms with Crippen molar-refractivity contribution in [1.29, 1.82) is 0 Å². The van der Waals surface area contributed by atoms with Gasteiger partial charge in [-0.3, -0.25) is 14.9 Å². The van der Waals surface area contributed by atoms with Gasteiger partial charge in [-0.15, -0.1) is 0 Å². The zero-order valence-electron chi connectivity index (χ0n) is 17.5. The zero-order valence-corrected chi connectivity index (χ0v) is 17.5. The van der Waals surface area contributed by atoms with Crippen molar-refractivity contribution in [2.75, 3.05) is 26.7 Å². The van der Waals surface area contributed by atoms with E-state index in [1.807, 2.05) is 20.8 Å². The summed E-state index contributed by atoms with van der Waals surface area (Å²) < 4.78 is 5.37. The van der Waals surface area contributed by atoms with Crippen molar-refractivity contribution >= 4 is 23.8 Å². The van der Waals surface area contributed by atoms with Gasteiger partial charge in [-0.25, -0.2) is 4.79 Å². The molecule has 0 N–H and O–H groups in total. The summed E-state index contributed by atoms with van der Waals surface area (Å²) in [6, 6.07) is 6.30. The second-order valence-corrected chi connectivity index (χ2v) is 8.30. The first-order valence-electron chi connectivity index (χ1n) is 9.71. The number of piperidine rings is 1. The Morgan fingerprint density at radius 3 is 2.69 bits per heavy atom. The lowest BCUT2D eigenvalue weighted by molar-refractivity contribution is -0.385. The maximum atomic E-state index is 12.6. The van der Waals surface area contributed by atoms with Gasteiger partial charge < -0.3 is 14.5 Å². The summed E-state index contributed by atoms with van der Waals surface area (Å²) in [6.45, 7) is 7.14. The molecule has 1 fully saturated rings. The first kappa shape index (κ1) is 22.4. The standard InChI is InChI=1S/C21H29N3O5/c1-21(2,3)29-20(26)22(4)14-16-8-7-13-23(15-16)19(25)12-11-17-9-5-6-10-18(17)24(27)28/h5-6,9-12,16H,7-8,13-15H2,1-4H3/b12-11+. The van der Waals surface area contributed by atoms with Gasteiger partial charge in [-0.05, 0) is 51.7 Å². The van der Waals surface area contributed by atoms with Crippen molar-refractivity contribution in [2.45, 2.75) is 39.2 Å². The lowest BCUT2D eigenvalue weighted by Crippen LogP contribution is -2.44. The summed E-state index contributed by atoms with van der Waals surface area (Å²) in [5, 5.41) is 11.1. The Hall–Kier alpha value is -2.90. The van der Waals surface area contributed by atoms with Crippen LogP contribution in [0.15, 0.2) is 30.3 Å². The Labute approximate surface area is 171 Å². The molecule has 1 aromatic rings. The minimum absolute atomic E-state index is 0.0351. The van der Waals surface area contributed by atoms with Gasteiger partial charge in [0.1, 0.15) is 5.60 Å². The highest BCUT2D eigenvalue weighted by atomic mass is 16.6. The molecule has 0 spiro atoms. The van der Waals surface area contributed by atoms with Crippen molar-refractivity contribution in [2.24, 2.45) is 5.92 Å². The number of ether oxygens (including phenoxy) is 1. The molecular formula is C21H29N3O5. The Morgan fingerprint density at radius 2 is 2.03 bits per heavy atom. The largest absolute Gasteiger partial charge is 0.444 e. The number of likely N-dealkylation sites (tertiary alicyclic amines) is 1. The van der Waals surface area contributed by atoms with Gasteiger partial charge in [-0.2, -0.15) is 0 Å². The predicted molar refractivity (Wildman–Crippen MR) is 110 cm³/mol. The van der Waals surface area contributed by atoms with E-state index in [0.717, 1.165) is 12.8 Å². The van der Waals surface area contributed by atoms with Crippen LogP contribution in [0.5, 0.6) is 0 Å². The van der Waals surface area contributed by atoms with Gasteiger partial charge in [0.2, 0.25) is 5.91 Å². The van der Waals surface area contributed by atoms with Crippen LogP contribution in [-0.2, 0) is 9.53 Å². The Balaban J connectivity index is 1.96. The molecular weight excluding hydrogens is 374 g/mol. The van der Waals surface area contributed by atoms with Crippen LogP contribution >= 0.6 is 0 Å². The average Bonchev–Trinajstić information content (AvgIpc) is 2.65. The zero-order chi connectivity index (χ0) is 21.6. The molecule has 29 heavy (non-hydrogen) atoms. The third-order valence-corrected chi connectivity index (χ3v) is 4.61. The molecule has 0 radical (unpaired) electrons. The Morgan fingerprint density at radius 1 is 1.34 bits per heavy atom. The summed E-state index contributed by atoms with van der Waals surface area (Å²) in [6.07, 6.45) is 4.25. The number of hydrogen-bond acceptors (Lipinski definition) is 5. The van der Waals surface area contributed by atoms with Gasteiger partial charge in [0.05, 0.1) is 10.5 Å². The molecule has 2 amide bonds. The first-order valence-corrected chi connectivity index (χ1v) is 9.71. The minimum atomic E-state index is -0.551. The van der Waals surface area contributed by atoms with Crippen molar-refractivity contribution in [3.8, 4) is 0 Å². The Kier molecular flexibility index (Phi) is 7.36. The molecule has 1 heterocycles. The van der Waals surface area contributed by atoms with Crippen molar-refractivity contribution in [1.82, 2.24) is 9.80 Å². The lowest BCUT2D eigenvalue weighted by Gasteiger charge is -2.34. The fraction of sp³-hybridized carbons (Fsp3) is 0.524. The van der Waals surface area contributed by atoms with Crippen LogP contribution < -0.4 is 0 Å². The molecule has 8 heteroatoms. The molecule has 158 valence electrons. The molecule has 0 aromatic heterocycles. The molecule has 0 bridgehead atoms. The summed E-state index contributed by atoms with van der Waals surface area (Å²) in [5.74, 6) is -0.0301. The number of nitrogens with zero attached hydrogens (tertiary/aromatic N) is 3. The minimum Gasteiger partial charge on any atom is -0.444 e. The van der Waals surface area contributed by atoms with E-state index in [1.165, 1.54) is 18.2 Å². The lowest BCUT2D eigenvalue weighted by atomic mass is 9.97. The first-order chi connectivity index (χ1) is 13.6. The molecule has 0 saturated carbocycles. The summed E-state index contributed by atoms with van der Waals surface area (Å²) in [7, 11) is 1.70. The normalized spacial score (nSPS) is 17.2. The summed E-state index contributed by atoms with van der Waals surface area (Å²) in [5.41, 5.74) is -0.193. The maximum absolute atomic E-state index is 12.6. The van der Waals surface area contributed by atoms with E-state index in [1.54, 1.807) is 35.0 Å². The van der Waals surface area contributed by atoms with Crippen LogP contribution in [0, 0.1) is 16.0 Å². The van der Waals surface area contributed by atoms with Crippen LogP contribution in [0.3, 0.4) is 0 Å². The SMILES string of the molecule is CN(CC1CCCN(C(=O)/C=C/c2ccccc2[N+](=O)[O-])C1)C(=O)OC(C)(C)C. The van der Waals surface area contributed by atoms with Crippen LogP contribution in [-0.4, -0.2) is 59.0 Å². The molecule has 1 saturated heterocycles. The van der Waals surface area contributed by atoms with Crippen LogP contribution in [0.2, 0.25) is 0 Å². The molecule has 1 aromatic carbocycles. The second kappa shape index (κ2) is 9.54. The quantitative estimate of drug-likeness (QED) is 0.424. The van der Waals surface area contributed by atoms with Gasteiger partial charge in [-0.1, -0.05) is 12.1 Å². The molecule has 1 atom stereocenters. The Bertz CT molecular complexity index is 785. The highest BCUT2D eigenvalue weighted by Gasteiger charge is 2.26. The summed E-state index contributed by atoms with van der Waals surface area (Å²) in [4.78, 5) is 38.6. The van der Waals surface area contributed by atoms with Gasteiger partial charge >= 0.3 is 6.09 Å². The number of nitro groups is 1. The number of carbonyl (C=O) groups is 2. The smallest absolute Gasteiger partial charge is 0.410 e. The molecule has 8 nitrogen and oxygen atoms in total. The third-order valence-electron chi connectivity index (χ3n) is 4.61. The highest BCUT2D eigenvalue weighted by Crippen LogP contribution is 2.21. The molecule has 1 unspecified atom stereocenters. The van der Waals surface area contributed by atoms with Gasteiger partial charge in [0.15, 0.2) is 0 Å². The number of hydrogen-bond donors (Lipinski definition) is 0. The number of para-hydroxylation sites is 1. The van der Waals surface area contributed by atoms with E-state index < -0.39 is 10.5 Å². The van der Waals surface area contributed by atoms with E-state index >= 15 is 0 Å². The van der Waals surface area contributed by atoms with Crippen LogP contribution in [0.25, 0.3) is 6.08 Å². The number of amides is 2. The average molecular weight is 403 g/mol. The monoisotopic (exact) mass is 403 g/mol.